The van der Waals surface area contributed by atoms with E-state index in [1.165, 1.54) is 21.4 Å². The van der Waals surface area contributed by atoms with Crippen molar-refractivity contribution < 1.29 is 95.1 Å². The van der Waals surface area contributed by atoms with Crippen LogP contribution in [0.15, 0.2) is 170 Å². The van der Waals surface area contributed by atoms with Gasteiger partial charge in [0.05, 0.1) is 42.6 Å². The van der Waals surface area contributed by atoms with E-state index in [1.54, 1.807) is 148 Å². The van der Waals surface area contributed by atoms with Crippen LogP contribution in [-0.2, 0) is 65.1 Å². The molecule has 0 saturated carbocycles. The number of nitrogens with zero attached hydrogens (tertiary/aromatic N) is 8. The average molecular weight is 1300 g/mol. The molecule has 0 spiro atoms. The molecule has 0 N–H and O–H groups in total. The van der Waals surface area contributed by atoms with E-state index in [9.17, 15) is 65.9 Å². The third kappa shape index (κ3) is 13.4. The largest absolute Gasteiger partial charge is 0.429 e. The number of halogens is 15. The van der Waals surface area contributed by atoms with Crippen LogP contribution in [0.1, 0.15) is 28.1 Å². The molecule has 0 atom stereocenters. The molecule has 0 bridgehead atoms. The predicted molar refractivity (Wildman–Crippen MR) is 255 cm³/mol. The summed E-state index contributed by atoms with van der Waals surface area (Å²) in [6, 6.07) is 45.7. The van der Waals surface area contributed by atoms with Crippen LogP contribution in [0.2, 0.25) is 0 Å². The first kappa shape index (κ1) is 59.3. The van der Waals surface area contributed by atoms with Crippen LogP contribution in [0.4, 0.5) is 65.9 Å². The maximum absolute atomic E-state index is 13.8. The molecule has 415 valence electrons. The van der Waals surface area contributed by atoms with E-state index in [1.807, 2.05) is 0 Å². The molecular formula is C56H34F15IrN8-3. The van der Waals surface area contributed by atoms with Crippen LogP contribution in [0.3, 0.4) is 0 Å². The molecule has 0 fully saturated rings. The predicted octanol–water partition coefficient (Wildman–Crippen LogP) is 14.1. The molecule has 4 heterocycles. The zero-order valence-corrected chi connectivity index (χ0v) is 43.1. The Bertz CT molecular complexity index is 3470. The molecule has 24 heteroatoms. The Balaban J connectivity index is 0.000000183. The van der Waals surface area contributed by atoms with Gasteiger partial charge in [0.1, 0.15) is 5.82 Å². The van der Waals surface area contributed by atoms with Crippen molar-refractivity contribution in [3.63, 3.8) is 0 Å². The second-order valence-corrected chi connectivity index (χ2v) is 16.8. The van der Waals surface area contributed by atoms with Gasteiger partial charge in [0.15, 0.2) is 0 Å². The zero-order valence-electron chi connectivity index (χ0n) is 40.7. The fourth-order valence-corrected chi connectivity index (χ4v) is 8.00. The SMILES string of the molecule is C[n+]1[c-]n(-c2[c-]cc(C(F)(F)F)cc2C(F)(F)F)c(-c2ccccc2)c1-c1ccccc1.C[n+]1[c-]n(-c2[c-]cc(C(F)(F)F)cc2C(F)(F)F)c(-c2ccccc2)c1-c1ccccc1.FC(F)(F)c1n[n-]c(-c2ccccn2)n1.[Ir]. The molecule has 0 aliphatic carbocycles. The Morgan fingerprint density at radius 2 is 0.812 bits per heavy atom. The van der Waals surface area contributed by atoms with Gasteiger partial charge in [0, 0.05) is 26.3 Å². The monoisotopic (exact) mass is 1300 g/mol. The molecule has 0 aliphatic rings. The molecular weight excluding hydrogens is 1260 g/mol. The molecule has 6 aromatic carbocycles. The standard InChI is InChI=1S/2C24H15F6N2.C8H4F3N4.Ir/c2*1-31-15-32(20-13-12-18(23(25,26)27)14-19(20)24(28,29)30)22(17-10-6-3-7-11-17)21(31)16-8-4-2-5-9-16;9-8(10,11)7-13-6(14-15-7)5-3-1-2-4-12-5;/h2*2-12,14H,1H3;1-4H;/q3*-1;. The Kier molecular flexibility index (Phi) is 17.4. The number of alkyl halides is 15. The first-order valence-electron chi connectivity index (χ1n) is 22.8. The van der Waals surface area contributed by atoms with Crippen molar-refractivity contribution in [3.05, 3.63) is 223 Å². The summed E-state index contributed by atoms with van der Waals surface area (Å²) in [6.07, 6.45) is -17.4. The summed E-state index contributed by atoms with van der Waals surface area (Å²) in [5.74, 6) is -1.37. The Morgan fingerprint density at radius 1 is 0.450 bits per heavy atom. The fraction of sp³-hybridized carbons (Fsp3) is 0.125. The van der Waals surface area contributed by atoms with Crippen molar-refractivity contribution >= 4 is 0 Å². The van der Waals surface area contributed by atoms with E-state index in [-0.39, 0.29) is 43.8 Å². The van der Waals surface area contributed by atoms with Gasteiger partial charge in [-0.3, -0.25) is 10.1 Å². The maximum atomic E-state index is 13.8. The average Bonchev–Trinajstić information content (AvgIpc) is 4.35. The van der Waals surface area contributed by atoms with Crippen LogP contribution in [0, 0.1) is 24.8 Å². The number of rotatable bonds is 7. The first-order valence-corrected chi connectivity index (χ1v) is 22.8. The summed E-state index contributed by atoms with van der Waals surface area (Å²) in [7, 11) is 3.23. The van der Waals surface area contributed by atoms with Crippen LogP contribution in [0.25, 0.3) is 67.9 Å². The quantitative estimate of drug-likeness (QED) is 0.0906. The number of benzene rings is 6. The summed E-state index contributed by atoms with van der Waals surface area (Å²) in [5, 5.41) is 6.25. The fourth-order valence-electron chi connectivity index (χ4n) is 8.00. The Morgan fingerprint density at radius 3 is 1.12 bits per heavy atom. The van der Waals surface area contributed by atoms with Gasteiger partial charge in [-0.15, -0.1) is 0 Å². The second kappa shape index (κ2) is 23.5. The van der Waals surface area contributed by atoms with E-state index in [2.05, 4.69) is 45.0 Å². The zero-order chi connectivity index (χ0) is 57.1. The molecule has 10 aromatic rings. The van der Waals surface area contributed by atoms with Gasteiger partial charge in [-0.05, 0) is 40.2 Å². The first-order chi connectivity index (χ1) is 37.2. The number of imidazole rings is 2. The molecule has 0 unspecified atom stereocenters. The van der Waals surface area contributed by atoms with Gasteiger partial charge >= 0.3 is 30.9 Å². The van der Waals surface area contributed by atoms with Gasteiger partial charge < -0.3 is 28.4 Å². The minimum atomic E-state index is -5.04. The molecule has 80 heavy (non-hydrogen) atoms. The van der Waals surface area contributed by atoms with Crippen LogP contribution in [0.5, 0.6) is 0 Å². The van der Waals surface area contributed by atoms with E-state index in [0.29, 0.717) is 57.2 Å². The maximum Gasteiger partial charge on any atom is 0.429 e. The van der Waals surface area contributed by atoms with Crippen molar-refractivity contribution in [2.24, 2.45) is 14.1 Å². The van der Waals surface area contributed by atoms with E-state index in [4.69, 9.17) is 0 Å². The normalized spacial score (nSPS) is 12.0. The van der Waals surface area contributed by atoms with Crippen molar-refractivity contribution in [1.29, 1.82) is 0 Å². The van der Waals surface area contributed by atoms with Crippen molar-refractivity contribution in [3.8, 4) is 67.9 Å². The van der Waals surface area contributed by atoms with Gasteiger partial charge in [0.25, 0.3) is 0 Å². The Hall–Kier alpha value is -8.37. The van der Waals surface area contributed by atoms with E-state index in [0.717, 1.165) is 9.13 Å². The summed E-state index contributed by atoms with van der Waals surface area (Å²) >= 11 is 0. The van der Waals surface area contributed by atoms with Crippen molar-refractivity contribution in [2.45, 2.75) is 30.9 Å². The Labute approximate surface area is 458 Å². The van der Waals surface area contributed by atoms with E-state index >= 15 is 0 Å². The number of hydrogen-bond acceptors (Lipinski definition) is 3. The smallest absolute Gasteiger partial charge is 0.413 e. The van der Waals surface area contributed by atoms with Crippen LogP contribution < -0.4 is 14.2 Å². The molecule has 4 aromatic heterocycles. The third-order valence-electron chi connectivity index (χ3n) is 11.4. The number of aryl methyl sites for hydroxylation is 2. The minimum absolute atomic E-state index is 0. The summed E-state index contributed by atoms with van der Waals surface area (Å²) in [5.41, 5.74) is -2.23. The third-order valence-corrected chi connectivity index (χ3v) is 11.4. The number of pyridine rings is 1. The van der Waals surface area contributed by atoms with Crippen molar-refractivity contribution in [2.75, 3.05) is 0 Å². The van der Waals surface area contributed by atoms with Gasteiger partial charge in [-0.25, -0.2) is 0 Å². The minimum Gasteiger partial charge on any atom is -0.413 e. The molecule has 0 saturated heterocycles. The van der Waals surface area contributed by atoms with Crippen LogP contribution >= 0.6 is 0 Å². The van der Waals surface area contributed by atoms with Crippen LogP contribution in [-0.4, -0.2) is 24.2 Å². The second-order valence-electron chi connectivity index (χ2n) is 16.8. The molecule has 8 nitrogen and oxygen atoms in total. The summed E-state index contributed by atoms with van der Waals surface area (Å²) in [6.45, 7) is 0. The topological polar surface area (TPSA) is 70.4 Å². The van der Waals surface area contributed by atoms with Gasteiger partial charge in [-0.2, -0.15) is 102 Å². The molecule has 10 rings (SSSR count). The molecule has 0 amide bonds. The summed E-state index contributed by atoms with van der Waals surface area (Å²) < 4.78 is 203. The van der Waals surface area contributed by atoms with Gasteiger partial charge in [-0.1, -0.05) is 161 Å². The number of hydrogen-bond donors (Lipinski definition) is 0. The van der Waals surface area contributed by atoms with Gasteiger partial charge in [0.2, 0.25) is 12.7 Å². The van der Waals surface area contributed by atoms with Crippen molar-refractivity contribution in [1.82, 2.24) is 29.3 Å². The molecule has 0 aliphatic heterocycles. The van der Waals surface area contributed by atoms with E-state index < -0.39 is 70.3 Å². The number of aromatic nitrogens is 8. The summed E-state index contributed by atoms with van der Waals surface area (Å²) in [4.78, 5) is 7.05. The molecule has 1 radical (unpaired) electrons.